The Labute approximate surface area is 179 Å². The average Bonchev–Trinajstić information content (AvgIpc) is 2.70. The van der Waals surface area contributed by atoms with Crippen molar-refractivity contribution in [2.75, 3.05) is 40.9 Å². The fraction of sp³-hybridized carbons (Fsp3) is 0.636. The smallest absolute Gasteiger partial charge is 0.410 e. The van der Waals surface area contributed by atoms with E-state index in [4.69, 9.17) is 14.2 Å². The Bertz CT molecular complexity index is 732. The van der Waals surface area contributed by atoms with Crippen molar-refractivity contribution in [2.45, 2.75) is 45.8 Å². The van der Waals surface area contributed by atoms with Gasteiger partial charge in [0, 0.05) is 33.2 Å². The zero-order chi connectivity index (χ0) is 22.3. The van der Waals surface area contributed by atoms with E-state index < -0.39 is 5.60 Å². The summed E-state index contributed by atoms with van der Waals surface area (Å²) in [5.41, 5.74) is 0.410. The van der Waals surface area contributed by atoms with E-state index in [-0.39, 0.29) is 18.0 Å². The van der Waals surface area contributed by atoms with E-state index >= 15 is 0 Å². The van der Waals surface area contributed by atoms with Crippen LogP contribution < -0.4 is 14.8 Å². The van der Waals surface area contributed by atoms with Gasteiger partial charge < -0.3 is 29.3 Å². The number of nitrogens with one attached hydrogen (secondary N) is 1. The highest BCUT2D eigenvalue weighted by atomic mass is 16.6. The molecular formula is C22H35N3O5. The van der Waals surface area contributed by atoms with E-state index in [2.05, 4.69) is 5.32 Å². The quantitative estimate of drug-likeness (QED) is 0.761. The van der Waals surface area contributed by atoms with Crippen LogP contribution in [0.3, 0.4) is 0 Å². The summed E-state index contributed by atoms with van der Waals surface area (Å²) in [5.74, 6) is 1.51. The number of hydrogen-bond donors (Lipinski definition) is 1. The molecule has 8 heteroatoms. The maximum Gasteiger partial charge on any atom is 0.410 e. The number of rotatable bonds is 6. The number of piperidine rings is 1. The molecule has 1 aliphatic rings. The highest BCUT2D eigenvalue weighted by Crippen LogP contribution is 2.27. The first-order valence-corrected chi connectivity index (χ1v) is 10.3. The molecule has 1 unspecified atom stereocenters. The molecule has 0 spiro atoms. The molecule has 30 heavy (non-hydrogen) atoms. The van der Waals surface area contributed by atoms with Gasteiger partial charge in [0.25, 0.3) is 0 Å². The number of likely N-dealkylation sites (tertiary alicyclic amines) is 1. The largest absolute Gasteiger partial charge is 0.493 e. The summed E-state index contributed by atoms with van der Waals surface area (Å²) < 4.78 is 16.0. The van der Waals surface area contributed by atoms with Crippen LogP contribution in [0.5, 0.6) is 11.5 Å². The van der Waals surface area contributed by atoms with Crippen LogP contribution in [-0.2, 0) is 11.3 Å². The predicted octanol–water partition coefficient (Wildman–Crippen LogP) is 3.49. The molecule has 8 nitrogen and oxygen atoms in total. The van der Waals surface area contributed by atoms with E-state index in [1.807, 2.05) is 43.9 Å². The predicted molar refractivity (Wildman–Crippen MR) is 115 cm³/mol. The van der Waals surface area contributed by atoms with Gasteiger partial charge in [0.2, 0.25) is 0 Å². The molecule has 1 N–H and O–H groups in total. The average molecular weight is 422 g/mol. The Morgan fingerprint density at radius 1 is 1.20 bits per heavy atom. The molecule has 1 fully saturated rings. The Balaban J connectivity index is 1.86. The number of benzene rings is 1. The number of methoxy groups -OCH3 is 2. The molecule has 0 aromatic heterocycles. The van der Waals surface area contributed by atoms with Crippen LogP contribution in [0, 0.1) is 5.92 Å². The molecule has 1 atom stereocenters. The fourth-order valence-corrected chi connectivity index (χ4v) is 3.48. The molecule has 1 aliphatic heterocycles. The summed E-state index contributed by atoms with van der Waals surface area (Å²) in [6, 6.07) is 5.48. The zero-order valence-electron chi connectivity index (χ0n) is 19.0. The molecule has 1 aromatic rings. The third-order valence-electron chi connectivity index (χ3n) is 4.94. The van der Waals surface area contributed by atoms with Gasteiger partial charge in [-0.05, 0) is 57.2 Å². The van der Waals surface area contributed by atoms with E-state index in [9.17, 15) is 9.59 Å². The van der Waals surface area contributed by atoms with Crippen molar-refractivity contribution in [3.8, 4) is 11.5 Å². The van der Waals surface area contributed by atoms with E-state index in [0.717, 1.165) is 18.4 Å². The first-order chi connectivity index (χ1) is 14.1. The van der Waals surface area contributed by atoms with Crippen molar-refractivity contribution >= 4 is 12.1 Å². The van der Waals surface area contributed by atoms with Gasteiger partial charge in [-0.15, -0.1) is 0 Å². The summed E-state index contributed by atoms with van der Waals surface area (Å²) in [6.07, 6.45) is 1.56. The van der Waals surface area contributed by atoms with Crippen molar-refractivity contribution in [1.82, 2.24) is 15.1 Å². The van der Waals surface area contributed by atoms with Crippen LogP contribution in [0.1, 0.15) is 39.2 Å². The minimum atomic E-state index is -0.520. The lowest BCUT2D eigenvalue weighted by Gasteiger charge is -2.35. The summed E-state index contributed by atoms with van der Waals surface area (Å²) in [5, 5.41) is 2.97. The number of carbonyl (C=O) groups excluding carboxylic acids is 2. The van der Waals surface area contributed by atoms with Gasteiger partial charge in [-0.25, -0.2) is 9.59 Å². The highest BCUT2D eigenvalue weighted by Gasteiger charge is 2.27. The molecule has 2 rings (SSSR count). The first-order valence-electron chi connectivity index (χ1n) is 10.3. The van der Waals surface area contributed by atoms with Gasteiger partial charge in [0.15, 0.2) is 11.5 Å². The van der Waals surface area contributed by atoms with E-state index in [1.54, 1.807) is 26.2 Å². The van der Waals surface area contributed by atoms with Gasteiger partial charge in [-0.2, -0.15) is 0 Å². The minimum Gasteiger partial charge on any atom is -0.493 e. The molecule has 1 aromatic carbocycles. The van der Waals surface area contributed by atoms with Crippen LogP contribution in [0.2, 0.25) is 0 Å². The second kappa shape index (κ2) is 10.4. The number of urea groups is 1. The molecule has 1 saturated heterocycles. The number of ether oxygens (including phenoxy) is 3. The number of nitrogens with zero attached hydrogens (tertiary/aromatic N) is 2. The van der Waals surface area contributed by atoms with Crippen LogP contribution in [0.25, 0.3) is 0 Å². The second-order valence-corrected chi connectivity index (χ2v) is 8.66. The maximum absolute atomic E-state index is 12.7. The summed E-state index contributed by atoms with van der Waals surface area (Å²) >= 11 is 0. The third-order valence-corrected chi connectivity index (χ3v) is 4.94. The minimum absolute atomic E-state index is 0.102. The van der Waals surface area contributed by atoms with Crippen LogP contribution >= 0.6 is 0 Å². The number of amides is 3. The van der Waals surface area contributed by atoms with Gasteiger partial charge in [-0.3, -0.25) is 0 Å². The van der Waals surface area contributed by atoms with Crippen LogP contribution in [0.4, 0.5) is 9.59 Å². The van der Waals surface area contributed by atoms with Gasteiger partial charge in [0.1, 0.15) is 5.60 Å². The lowest BCUT2D eigenvalue weighted by molar-refractivity contribution is 0.0252. The molecular weight excluding hydrogens is 386 g/mol. The zero-order valence-corrected chi connectivity index (χ0v) is 19.0. The number of carbonyl (C=O) groups is 2. The van der Waals surface area contributed by atoms with Crippen molar-refractivity contribution in [2.24, 2.45) is 5.92 Å². The molecule has 1 heterocycles. The van der Waals surface area contributed by atoms with Gasteiger partial charge in [0.05, 0.1) is 14.2 Å². The second-order valence-electron chi connectivity index (χ2n) is 8.66. The molecule has 3 amide bonds. The topological polar surface area (TPSA) is 80.3 Å². The number of hydrogen-bond acceptors (Lipinski definition) is 5. The van der Waals surface area contributed by atoms with Crippen LogP contribution in [0.15, 0.2) is 18.2 Å². The SMILES string of the molecule is COc1ccc(CNC(=O)N2CCCC(CN(C)C(=O)OC(C)(C)C)C2)cc1OC. The van der Waals surface area contributed by atoms with E-state index in [1.165, 1.54) is 0 Å². The summed E-state index contributed by atoms with van der Waals surface area (Å²) in [4.78, 5) is 28.3. The van der Waals surface area contributed by atoms with Gasteiger partial charge in [-0.1, -0.05) is 6.07 Å². The fourth-order valence-electron chi connectivity index (χ4n) is 3.48. The van der Waals surface area contributed by atoms with E-state index in [0.29, 0.717) is 37.7 Å². The summed E-state index contributed by atoms with van der Waals surface area (Å²) in [6.45, 7) is 7.85. The monoisotopic (exact) mass is 421 g/mol. The Hall–Kier alpha value is -2.64. The maximum atomic E-state index is 12.7. The van der Waals surface area contributed by atoms with Crippen molar-refractivity contribution in [1.29, 1.82) is 0 Å². The Morgan fingerprint density at radius 2 is 1.90 bits per heavy atom. The first kappa shape index (κ1) is 23.6. The van der Waals surface area contributed by atoms with Crippen LogP contribution in [-0.4, -0.2) is 68.4 Å². The highest BCUT2D eigenvalue weighted by molar-refractivity contribution is 5.74. The molecule has 0 bridgehead atoms. The summed E-state index contributed by atoms with van der Waals surface area (Å²) in [7, 11) is 4.92. The molecule has 0 aliphatic carbocycles. The lowest BCUT2D eigenvalue weighted by Crippen LogP contribution is -2.48. The van der Waals surface area contributed by atoms with Crippen molar-refractivity contribution in [3.63, 3.8) is 0 Å². The Kier molecular flexibility index (Phi) is 8.20. The Morgan fingerprint density at radius 3 is 2.53 bits per heavy atom. The van der Waals surface area contributed by atoms with Crippen molar-refractivity contribution < 1.29 is 23.8 Å². The third kappa shape index (κ3) is 7.00. The molecule has 0 radical (unpaired) electrons. The lowest BCUT2D eigenvalue weighted by atomic mass is 9.98. The molecule has 168 valence electrons. The normalized spacial score (nSPS) is 16.6. The van der Waals surface area contributed by atoms with Gasteiger partial charge >= 0.3 is 12.1 Å². The van der Waals surface area contributed by atoms with Crippen molar-refractivity contribution in [3.05, 3.63) is 23.8 Å². The molecule has 0 saturated carbocycles. The standard InChI is InChI=1S/C22H35N3O5/c1-22(2,3)30-21(27)24(4)14-17-8-7-11-25(15-17)20(26)23-13-16-9-10-18(28-5)19(12-16)29-6/h9-10,12,17H,7-8,11,13-15H2,1-6H3,(H,23,26).